The number of esters is 1. The first-order chi connectivity index (χ1) is 9.06. The van der Waals surface area contributed by atoms with Crippen LogP contribution in [0.2, 0.25) is 0 Å². The zero-order valence-electron chi connectivity index (χ0n) is 11.0. The highest BCUT2D eigenvalue weighted by Gasteiger charge is 2.30. The number of aryl methyl sites for hydroxylation is 1. The van der Waals surface area contributed by atoms with Gasteiger partial charge in [-0.25, -0.2) is 4.79 Å². The SMILES string of the molecule is C#CC1CC(=O)N(c2cc(C(=O)OC)ccc2C)C1. The average molecular weight is 257 g/mol. The van der Waals surface area contributed by atoms with Crippen molar-refractivity contribution in [3.05, 3.63) is 29.3 Å². The highest BCUT2D eigenvalue weighted by molar-refractivity contribution is 5.98. The van der Waals surface area contributed by atoms with Crippen molar-refractivity contribution < 1.29 is 14.3 Å². The van der Waals surface area contributed by atoms with Crippen molar-refractivity contribution in [2.24, 2.45) is 5.92 Å². The minimum absolute atomic E-state index is 0.00642. The van der Waals surface area contributed by atoms with Crippen LogP contribution < -0.4 is 4.90 Å². The molecule has 2 rings (SSSR count). The molecule has 0 bridgehead atoms. The standard InChI is InChI=1S/C15H15NO3/c1-4-11-7-14(17)16(9-11)13-8-12(15(18)19-3)6-5-10(13)2/h1,5-6,8,11H,7,9H2,2-3H3. The Bertz CT molecular complexity index is 571. The maximum atomic E-state index is 12.0. The number of terminal acetylenes is 1. The Kier molecular flexibility index (Phi) is 3.57. The molecule has 1 aromatic rings. The predicted molar refractivity (Wildman–Crippen MR) is 71.8 cm³/mol. The van der Waals surface area contributed by atoms with Crippen LogP contribution in [-0.4, -0.2) is 25.5 Å². The number of benzene rings is 1. The van der Waals surface area contributed by atoms with Gasteiger partial charge in [-0.2, -0.15) is 0 Å². The van der Waals surface area contributed by atoms with Gasteiger partial charge in [0.05, 0.1) is 12.7 Å². The number of hydrogen-bond acceptors (Lipinski definition) is 3. The smallest absolute Gasteiger partial charge is 0.337 e. The molecule has 1 saturated heterocycles. The van der Waals surface area contributed by atoms with Gasteiger partial charge in [0.15, 0.2) is 0 Å². The van der Waals surface area contributed by atoms with Crippen LogP contribution in [0.4, 0.5) is 5.69 Å². The van der Waals surface area contributed by atoms with Gasteiger partial charge in [-0.15, -0.1) is 12.3 Å². The first kappa shape index (κ1) is 13.2. The summed E-state index contributed by atoms with van der Waals surface area (Å²) in [4.78, 5) is 25.1. The van der Waals surface area contributed by atoms with Crippen LogP contribution in [0.3, 0.4) is 0 Å². The molecule has 0 aromatic heterocycles. The van der Waals surface area contributed by atoms with Crippen molar-refractivity contribution in [3.8, 4) is 12.3 Å². The molecule has 0 aliphatic carbocycles. The number of carbonyl (C=O) groups excluding carboxylic acids is 2. The molecule has 1 unspecified atom stereocenters. The number of ether oxygens (including phenoxy) is 1. The quantitative estimate of drug-likeness (QED) is 0.599. The molecule has 1 fully saturated rings. The lowest BCUT2D eigenvalue weighted by Gasteiger charge is -2.19. The third-order valence-corrected chi connectivity index (χ3v) is 3.28. The molecule has 1 heterocycles. The molecular weight excluding hydrogens is 242 g/mol. The fourth-order valence-electron chi connectivity index (χ4n) is 2.20. The van der Waals surface area contributed by atoms with Gasteiger partial charge in [-0.05, 0) is 24.6 Å². The fourth-order valence-corrected chi connectivity index (χ4v) is 2.20. The fraction of sp³-hybridized carbons (Fsp3) is 0.333. The van der Waals surface area contributed by atoms with E-state index in [0.29, 0.717) is 18.5 Å². The molecule has 1 aliphatic heterocycles. The molecule has 0 saturated carbocycles. The summed E-state index contributed by atoms with van der Waals surface area (Å²) in [6.45, 7) is 2.40. The Morgan fingerprint density at radius 2 is 2.26 bits per heavy atom. The molecule has 1 aliphatic rings. The molecule has 4 heteroatoms. The largest absolute Gasteiger partial charge is 0.465 e. The van der Waals surface area contributed by atoms with E-state index in [1.807, 2.05) is 6.92 Å². The van der Waals surface area contributed by atoms with Crippen molar-refractivity contribution in [2.45, 2.75) is 13.3 Å². The lowest BCUT2D eigenvalue weighted by Crippen LogP contribution is -2.25. The molecule has 4 nitrogen and oxygen atoms in total. The van der Waals surface area contributed by atoms with Gasteiger partial charge in [-0.1, -0.05) is 6.07 Å². The number of hydrogen-bond donors (Lipinski definition) is 0. The van der Waals surface area contributed by atoms with E-state index < -0.39 is 5.97 Å². The van der Waals surface area contributed by atoms with Gasteiger partial charge in [0.2, 0.25) is 5.91 Å². The number of amides is 1. The topological polar surface area (TPSA) is 46.6 Å². The van der Waals surface area contributed by atoms with E-state index in [1.54, 1.807) is 23.1 Å². The van der Waals surface area contributed by atoms with E-state index in [9.17, 15) is 9.59 Å². The molecule has 0 spiro atoms. The summed E-state index contributed by atoms with van der Waals surface area (Å²) in [6.07, 6.45) is 5.73. The number of nitrogens with zero attached hydrogens (tertiary/aromatic N) is 1. The molecule has 19 heavy (non-hydrogen) atoms. The summed E-state index contributed by atoms with van der Waals surface area (Å²) in [5, 5.41) is 0. The summed E-state index contributed by atoms with van der Waals surface area (Å²) >= 11 is 0. The molecule has 0 N–H and O–H groups in total. The molecule has 98 valence electrons. The Morgan fingerprint density at radius 1 is 1.53 bits per heavy atom. The van der Waals surface area contributed by atoms with Crippen molar-refractivity contribution >= 4 is 17.6 Å². The first-order valence-electron chi connectivity index (χ1n) is 6.02. The van der Waals surface area contributed by atoms with Crippen molar-refractivity contribution in [3.63, 3.8) is 0 Å². The van der Waals surface area contributed by atoms with Crippen LogP contribution in [0.5, 0.6) is 0 Å². The second-order valence-electron chi connectivity index (χ2n) is 4.56. The first-order valence-corrected chi connectivity index (χ1v) is 6.02. The zero-order valence-corrected chi connectivity index (χ0v) is 11.0. The predicted octanol–water partition coefficient (Wildman–Crippen LogP) is 1.77. The van der Waals surface area contributed by atoms with E-state index in [1.165, 1.54) is 7.11 Å². The Hall–Kier alpha value is -2.28. The van der Waals surface area contributed by atoms with E-state index in [-0.39, 0.29) is 11.8 Å². The Morgan fingerprint density at radius 3 is 2.84 bits per heavy atom. The maximum absolute atomic E-state index is 12.0. The highest BCUT2D eigenvalue weighted by atomic mass is 16.5. The second kappa shape index (κ2) is 5.15. The average Bonchev–Trinajstić information content (AvgIpc) is 2.79. The van der Waals surface area contributed by atoms with Crippen LogP contribution in [-0.2, 0) is 9.53 Å². The summed E-state index contributed by atoms with van der Waals surface area (Å²) in [7, 11) is 1.33. The summed E-state index contributed by atoms with van der Waals surface area (Å²) < 4.78 is 4.69. The van der Waals surface area contributed by atoms with Crippen LogP contribution in [0.25, 0.3) is 0 Å². The zero-order chi connectivity index (χ0) is 14.0. The minimum atomic E-state index is -0.415. The van der Waals surface area contributed by atoms with E-state index >= 15 is 0 Å². The van der Waals surface area contributed by atoms with Crippen LogP contribution in [0, 0.1) is 25.2 Å². The van der Waals surface area contributed by atoms with Gasteiger partial charge in [0.1, 0.15) is 0 Å². The molecule has 1 amide bonds. The summed E-state index contributed by atoms with van der Waals surface area (Å²) in [5.74, 6) is 2.12. The van der Waals surface area contributed by atoms with E-state index in [0.717, 1.165) is 11.3 Å². The van der Waals surface area contributed by atoms with E-state index in [2.05, 4.69) is 10.7 Å². The summed E-state index contributed by atoms with van der Waals surface area (Å²) in [6, 6.07) is 5.17. The maximum Gasteiger partial charge on any atom is 0.337 e. The molecular formula is C15H15NO3. The normalized spacial score (nSPS) is 18.3. The van der Waals surface area contributed by atoms with Crippen LogP contribution >= 0.6 is 0 Å². The van der Waals surface area contributed by atoms with Gasteiger partial charge in [-0.3, -0.25) is 4.79 Å². The van der Waals surface area contributed by atoms with Crippen molar-refractivity contribution in [1.82, 2.24) is 0 Å². The monoisotopic (exact) mass is 257 g/mol. The third kappa shape index (κ3) is 2.45. The number of rotatable bonds is 2. The molecule has 1 atom stereocenters. The van der Waals surface area contributed by atoms with Gasteiger partial charge in [0, 0.05) is 24.6 Å². The number of carbonyl (C=O) groups is 2. The molecule has 0 radical (unpaired) electrons. The van der Waals surface area contributed by atoms with Gasteiger partial charge in [0.25, 0.3) is 0 Å². The third-order valence-electron chi connectivity index (χ3n) is 3.28. The Balaban J connectivity index is 2.37. The highest BCUT2D eigenvalue weighted by Crippen LogP contribution is 2.28. The van der Waals surface area contributed by atoms with Gasteiger partial charge < -0.3 is 9.64 Å². The van der Waals surface area contributed by atoms with Crippen LogP contribution in [0.1, 0.15) is 22.3 Å². The summed E-state index contributed by atoms with van der Waals surface area (Å²) in [5.41, 5.74) is 2.09. The minimum Gasteiger partial charge on any atom is -0.465 e. The Labute approximate surface area is 112 Å². The molecule has 1 aromatic carbocycles. The van der Waals surface area contributed by atoms with Crippen molar-refractivity contribution in [2.75, 3.05) is 18.6 Å². The number of anilines is 1. The van der Waals surface area contributed by atoms with Crippen LogP contribution in [0.15, 0.2) is 18.2 Å². The van der Waals surface area contributed by atoms with Gasteiger partial charge >= 0.3 is 5.97 Å². The van der Waals surface area contributed by atoms with E-state index in [4.69, 9.17) is 6.42 Å². The second-order valence-corrected chi connectivity index (χ2v) is 4.56. The lowest BCUT2D eigenvalue weighted by atomic mass is 10.1. The van der Waals surface area contributed by atoms with Crippen molar-refractivity contribution in [1.29, 1.82) is 0 Å². The number of methoxy groups -OCH3 is 1. The lowest BCUT2D eigenvalue weighted by molar-refractivity contribution is -0.117.